The third-order valence-electron chi connectivity index (χ3n) is 3.18. The third-order valence-corrected chi connectivity index (χ3v) is 4.29. The number of hydrogen-bond donors (Lipinski definition) is 2. The highest BCUT2D eigenvalue weighted by atomic mass is 32.2. The van der Waals surface area contributed by atoms with E-state index in [1.54, 1.807) is 0 Å². The molecule has 19 heavy (non-hydrogen) atoms. The Morgan fingerprint density at radius 3 is 2.58 bits per heavy atom. The van der Waals surface area contributed by atoms with Crippen molar-refractivity contribution in [2.24, 2.45) is 5.84 Å². The van der Waals surface area contributed by atoms with E-state index in [0.29, 0.717) is 0 Å². The minimum Gasteiger partial charge on any atom is -0.294 e. The van der Waals surface area contributed by atoms with Gasteiger partial charge in [-0.15, -0.1) is 0 Å². The van der Waals surface area contributed by atoms with Crippen molar-refractivity contribution in [1.82, 2.24) is 5.43 Å². The molecule has 0 fully saturated rings. The number of amides is 1. The summed E-state index contributed by atoms with van der Waals surface area (Å²) >= 11 is 1.97. The first-order valence-corrected chi connectivity index (χ1v) is 8.01. The molecular formula is C15H24N2OS. The van der Waals surface area contributed by atoms with Gasteiger partial charge in [0.15, 0.2) is 0 Å². The number of nitrogens with two attached hydrogens (primary N) is 1. The largest absolute Gasteiger partial charge is 0.294 e. The molecule has 0 radical (unpaired) electrons. The summed E-state index contributed by atoms with van der Waals surface area (Å²) in [5.74, 6) is 7.06. The fourth-order valence-electron chi connectivity index (χ4n) is 1.82. The van der Waals surface area contributed by atoms with Crippen molar-refractivity contribution in [3.8, 4) is 0 Å². The summed E-state index contributed by atoms with van der Waals surface area (Å²) in [6, 6.07) is 8.23. The quantitative estimate of drug-likeness (QED) is 0.333. The standard InChI is InChI=1S/C15H24N2OS/c1-3-4-5-10-19-11-13-6-8-14(9-7-13)12(2)15(18)17-16/h6-9,12H,3-5,10-11,16H2,1-2H3,(H,17,18). The molecule has 0 spiro atoms. The molecule has 1 rings (SSSR count). The molecule has 1 atom stereocenters. The lowest BCUT2D eigenvalue weighted by molar-refractivity contribution is -0.122. The predicted molar refractivity (Wildman–Crippen MR) is 82.9 cm³/mol. The predicted octanol–water partition coefficient (Wildman–Crippen LogP) is 3.20. The van der Waals surface area contributed by atoms with Gasteiger partial charge in [0.1, 0.15) is 0 Å². The molecule has 106 valence electrons. The first-order chi connectivity index (χ1) is 9.19. The van der Waals surface area contributed by atoms with Gasteiger partial charge in [-0.05, 0) is 30.2 Å². The van der Waals surface area contributed by atoms with Gasteiger partial charge >= 0.3 is 0 Å². The van der Waals surface area contributed by atoms with Gasteiger partial charge in [-0.3, -0.25) is 10.2 Å². The summed E-state index contributed by atoms with van der Waals surface area (Å²) in [4.78, 5) is 11.4. The molecule has 0 saturated carbocycles. The van der Waals surface area contributed by atoms with Crippen molar-refractivity contribution < 1.29 is 4.79 Å². The van der Waals surface area contributed by atoms with Crippen LogP contribution >= 0.6 is 11.8 Å². The number of rotatable bonds is 8. The van der Waals surface area contributed by atoms with Crippen molar-refractivity contribution in [3.63, 3.8) is 0 Å². The summed E-state index contributed by atoms with van der Waals surface area (Å²) in [5.41, 5.74) is 4.50. The summed E-state index contributed by atoms with van der Waals surface area (Å²) in [6.45, 7) is 4.08. The van der Waals surface area contributed by atoms with Crippen LogP contribution in [0.25, 0.3) is 0 Å². The van der Waals surface area contributed by atoms with Crippen molar-refractivity contribution in [2.75, 3.05) is 5.75 Å². The molecule has 0 heterocycles. The molecule has 0 saturated heterocycles. The van der Waals surface area contributed by atoms with Crippen molar-refractivity contribution in [1.29, 1.82) is 0 Å². The lowest BCUT2D eigenvalue weighted by Gasteiger charge is -2.10. The lowest BCUT2D eigenvalue weighted by Crippen LogP contribution is -2.33. The second-order valence-corrected chi connectivity index (χ2v) is 5.84. The fraction of sp³-hybridized carbons (Fsp3) is 0.533. The fourth-order valence-corrected chi connectivity index (χ4v) is 2.80. The van der Waals surface area contributed by atoms with Crippen LogP contribution in [0.5, 0.6) is 0 Å². The number of carbonyl (C=O) groups is 1. The van der Waals surface area contributed by atoms with E-state index < -0.39 is 0 Å². The summed E-state index contributed by atoms with van der Waals surface area (Å²) in [6.07, 6.45) is 3.89. The molecule has 0 bridgehead atoms. The maximum absolute atomic E-state index is 11.4. The Kier molecular flexibility index (Phi) is 7.60. The number of unbranched alkanes of at least 4 members (excludes halogenated alkanes) is 2. The number of thioether (sulfide) groups is 1. The van der Waals surface area contributed by atoms with E-state index >= 15 is 0 Å². The zero-order valence-electron chi connectivity index (χ0n) is 11.8. The van der Waals surface area contributed by atoms with Crippen LogP contribution in [0, 0.1) is 0 Å². The van der Waals surface area contributed by atoms with E-state index in [2.05, 4.69) is 24.5 Å². The molecule has 1 aromatic carbocycles. The van der Waals surface area contributed by atoms with E-state index in [4.69, 9.17) is 5.84 Å². The maximum Gasteiger partial charge on any atom is 0.241 e. The average molecular weight is 280 g/mol. The van der Waals surface area contributed by atoms with Crippen LogP contribution in [-0.4, -0.2) is 11.7 Å². The normalized spacial score (nSPS) is 12.2. The molecule has 0 aliphatic heterocycles. The first kappa shape index (κ1) is 16.1. The van der Waals surface area contributed by atoms with Gasteiger partial charge in [0.25, 0.3) is 0 Å². The molecule has 0 aliphatic carbocycles. The van der Waals surface area contributed by atoms with E-state index in [-0.39, 0.29) is 11.8 Å². The smallest absolute Gasteiger partial charge is 0.241 e. The summed E-state index contributed by atoms with van der Waals surface area (Å²) in [7, 11) is 0. The Bertz CT molecular complexity index is 378. The highest BCUT2D eigenvalue weighted by molar-refractivity contribution is 7.98. The van der Waals surface area contributed by atoms with Gasteiger partial charge in [-0.1, -0.05) is 44.0 Å². The van der Waals surface area contributed by atoms with E-state index in [1.165, 1.54) is 30.6 Å². The Hall–Kier alpha value is -1.00. The monoisotopic (exact) mass is 280 g/mol. The Morgan fingerprint density at radius 1 is 1.32 bits per heavy atom. The van der Waals surface area contributed by atoms with Crippen LogP contribution in [0.15, 0.2) is 24.3 Å². The Morgan fingerprint density at radius 2 is 2.00 bits per heavy atom. The summed E-state index contributed by atoms with van der Waals surface area (Å²) < 4.78 is 0. The zero-order chi connectivity index (χ0) is 14.1. The van der Waals surface area contributed by atoms with E-state index in [9.17, 15) is 4.79 Å². The average Bonchev–Trinajstić information content (AvgIpc) is 2.46. The number of benzene rings is 1. The van der Waals surface area contributed by atoms with Crippen LogP contribution in [0.3, 0.4) is 0 Å². The van der Waals surface area contributed by atoms with Crippen molar-refractivity contribution in [2.45, 2.75) is 44.8 Å². The molecule has 0 aromatic heterocycles. The molecule has 3 N–H and O–H groups in total. The maximum atomic E-state index is 11.4. The minimum atomic E-state index is -0.198. The van der Waals surface area contributed by atoms with E-state index in [1.807, 2.05) is 30.8 Å². The second-order valence-electron chi connectivity index (χ2n) is 4.73. The highest BCUT2D eigenvalue weighted by Gasteiger charge is 2.13. The number of hydrogen-bond acceptors (Lipinski definition) is 3. The molecule has 0 aliphatic rings. The Labute approximate surface area is 120 Å². The SMILES string of the molecule is CCCCCSCc1ccc(C(C)C(=O)NN)cc1. The number of hydrazine groups is 1. The van der Waals surface area contributed by atoms with Gasteiger partial charge in [0, 0.05) is 5.75 Å². The highest BCUT2D eigenvalue weighted by Crippen LogP contribution is 2.19. The minimum absolute atomic E-state index is 0.151. The first-order valence-electron chi connectivity index (χ1n) is 6.86. The molecular weight excluding hydrogens is 256 g/mol. The third kappa shape index (κ3) is 5.66. The number of nitrogens with one attached hydrogen (secondary N) is 1. The second kappa shape index (κ2) is 8.99. The topological polar surface area (TPSA) is 55.1 Å². The van der Waals surface area contributed by atoms with Crippen LogP contribution in [0.2, 0.25) is 0 Å². The number of carbonyl (C=O) groups excluding carboxylic acids is 1. The molecule has 4 heteroatoms. The van der Waals surface area contributed by atoms with Crippen LogP contribution in [-0.2, 0) is 10.5 Å². The van der Waals surface area contributed by atoms with Gasteiger partial charge in [0.05, 0.1) is 5.92 Å². The van der Waals surface area contributed by atoms with Crippen molar-refractivity contribution in [3.05, 3.63) is 35.4 Å². The van der Waals surface area contributed by atoms with Crippen LogP contribution < -0.4 is 11.3 Å². The molecule has 1 amide bonds. The van der Waals surface area contributed by atoms with Crippen LogP contribution in [0.1, 0.15) is 50.2 Å². The van der Waals surface area contributed by atoms with Crippen molar-refractivity contribution >= 4 is 17.7 Å². The molecule has 3 nitrogen and oxygen atoms in total. The van der Waals surface area contributed by atoms with E-state index in [0.717, 1.165) is 11.3 Å². The Balaban J connectivity index is 2.41. The van der Waals surface area contributed by atoms with Gasteiger partial charge in [-0.2, -0.15) is 11.8 Å². The zero-order valence-corrected chi connectivity index (χ0v) is 12.6. The molecule has 1 unspecified atom stereocenters. The molecule has 1 aromatic rings. The van der Waals surface area contributed by atoms with Gasteiger partial charge in [-0.25, -0.2) is 5.84 Å². The lowest BCUT2D eigenvalue weighted by atomic mass is 9.99. The summed E-state index contributed by atoms with van der Waals surface area (Å²) in [5, 5.41) is 0. The van der Waals surface area contributed by atoms with Gasteiger partial charge < -0.3 is 0 Å². The van der Waals surface area contributed by atoms with Crippen LogP contribution in [0.4, 0.5) is 0 Å². The van der Waals surface area contributed by atoms with Gasteiger partial charge in [0.2, 0.25) is 5.91 Å².